The lowest BCUT2D eigenvalue weighted by molar-refractivity contribution is 0.0410. The number of rotatable bonds is 4. The van der Waals surface area contributed by atoms with Crippen molar-refractivity contribution in [3.8, 4) is 17.0 Å². The number of fused-ring (bicyclic) bond motifs is 1. The number of phenolic OH excluding ortho intramolecular Hbond substituents is 1. The highest BCUT2D eigenvalue weighted by atomic mass is 16.5. The Morgan fingerprint density at radius 2 is 1.76 bits per heavy atom. The number of ether oxygens (including phenoxy) is 1. The van der Waals surface area contributed by atoms with Gasteiger partial charge in [-0.05, 0) is 71.7 Å². The highest BCUT2D eigenvalue weighted by Crippen LogP contribution is 2.38. The summed E-state index contributed by atoms with van der Waals surface area (Å²) >= 11 is 0. The largest absolute Gasteiger partial charge is 0.507 e. The van der Waals surface area contributed by atoms with Gasteiger partial charge in [-0.1, -0.05) is 0 Å². The van der Waals surface area contributed by atoms with Gasteiger partial charge in [-0.3, -0.25) is 4.98 Å². The number of hydrogen-bond acceptors (Lipinski definition) is 8. The van der Waals surface area contributed by atoms with E-state index in [0.29, 0.717) is 30.8 Å². The maximum atomic E-state index is 10.8. The van der Waals surface area contributed by atoms with Gasteiger partial charge in [-0.2, -0.15) is 0 Å². The van der Waals surface area contributed by atoms with E-state index in [1.807, 2.05) is 25.1 Å². The monoisotopic (exact) mass is 462 g/mol. The first kappa shape index (κ1) is 22.8. The van der Waals surface area contributed by atoms with E-state index in [4.69, 9.17) is 4.74 Å². The van der Waals surface area contributed by atoms with Gasteiger partial charge in [-0.25, -0.2) is 0 Å². The second-order valence-corrected chi connectivity index (χ2v) is 11.0. The lowest BCUT2D eigenvalue weighted by Crippen LogP contribution is -2.62. The van der Waals surface area contributed by atoms with E-state index in [-0.39, 0.29) is 16.8 Å². The fraction of sp³-hybridized carbons (Fsp3) is 0.500. The maximum absolute atomic E-state index is 10.8. The molecule has 2 aliphatic heterocycles. The molecule has 3 aromatic rings. The number of aromatic nitrogens is 3. The lowest BCUT2D eigenvalue weighted by atomic mass is 9.79. The van der Waals surface area contributed by atoms with Crippen LogP contribution in [0, 0.1) is 6.92 Å². The summed E-state index contributed by atoms with van der Waals surface area (Å²) in [5.41, 5.74) is 4.09. The predicted octanol–water partition coefficient (Wildman–Crippen LogP) is 4.20. The van der Waals surface area contributed by atoms with Gasteiger partial charge in [0.1, 0.15) is 19.2 Å². The van der Waals surface area contributed by atoms with Crippen molar-refractivity contribution in [3.63, 3.8) is 0 Å². The van der Waals surface area contributed by atoms with Gasteiger partial charge >= 0.3 is 0 Å². The molecule has 0 radical (unpaired) electrons. The van der Waals surface area contributed by atoms with Crippen molar-refractivity contribution in [2.24, 2.45) is 0 Å². The van der Waals surface area contributed by atoms with Crippen molar-refractivity contribution in [3.05, 3.63) is 36.0 Å². The number of aromatic hydroxyl groups is 1. The molecule has 34 heavy (non-hydrogen) atoms. The Balaban J connectivity index is 1.46. The van der Waals surface area contributed by atoms with Crippen LogP contribution >= 0.6 is 0 Å². The van der Waals surface area contributed by atoms with Crippen LogP contribution in [0.5, 0.6) is 5.75 Å². The Labute approximate surface area is 201 Å². The SMILES string of the molecule is Cc1cc(N2COC2)c2cc(-c3ccc(N(C)C4CC(C)(C)NC(C)(C)C4)nn3)c(O)cc2n1. The molecule has 2 saturated heterocycles. The molecular formula is C26H34N6O2. The number of anilines is 2. The van der Waals surface area contributed by atoms with Crippen LogP contribution in [0.1, 0.15) is 46.2 Å². The highest BCUT2D eigenvalue weighted by molar-refractivity contribution is 5.96. The van der Waals surface area contributed by atoms with Crippen molar-refractivity contribution < 1.29 is 9.84 Å². The molecule has 180 valence electrons. The molecule has 0 bridgehead atoms. The van der Waals surface area contributed by atoms with E-state index in [9.17, 15) is 5.11 Å². The highest BCUT2D eigenvalue weighted by Gasteiger charge is 2.39. The third kappa shape index (κ3) is 4.28. The van der Waals surface area contributed by atoms with Gasteiger partial charge in [0.05, 0.1) is 16.9 Å². The maximum Gasteiger partial charge on any atom is 0.151 e. The molecule has 2 fully saturated rings. The van der Waals surface area contributed by atoms with Crippen LogP contribution in [0.4, 0.5) is 11.5 Å². The van der Waals surface area contributed by atoms with Gasteiger partial charge < -0.3 is 25.0 Å². The molecule has 5 rings (SSSR count). The Bertz CT molecular complexity index is 1200. The topological polar surface area (TPSA) is 86.6 Å². The Kier molecular flexibility index (Phi) is 5.41. The van der Waals surface area contributed by atoms with Crippen molar-refractivity contribution in [2.45, 2.75) is 64.6 Å². The Morgan fingerprint density at radius 1 is 1.06 bits per heavy atom. The van der Waals surface area contributed by atoms with Gasteiger partial charge in [-0.15, -0.1) is 10.2 Å². The minimum absolute atomic E-state index is 0.0521. The molecule has 0 spiro atoms. The first-order valence-corrected chi connectivity index (χ1v) is 11.8. The van der Waals surface area contributed by atoms with Crippen LogP contribution in [-0.4, -0.2) is 57.9 Å². The zero-order valence-corrected chi connectivity index (χ0v) is 20.9. The molecule has 0 atom stereocenters. The van der Waals surface area contributed by atoms with Crippen LogP contribution in [0.2, 0.25) is 0 Å². The summed E-state index contributed by atoms with van der Waals surface area (Å²) in [4.78, 5) is 8.98. The van der Waals surface area contributed by atoms with Crippen LogP contribution < -0.4 is 15.1 Å². The van der Waals surface area contributed by atoms with Gasteiger partial charge in [0.25, 0.3) is 0 Å². The summed E-state index contributed by atoms with van der Waals surface area (Å²) in [5.74, 6) is 0.979. The summed E-state index contributed by atoms with van der Waals surface area (Å²) in [5, 5.41) is 24.5. The van der Waals surface area contributed by atoms with E-state index in [0.717, 1.165) is 40.9 Å². The van der Waals surface area contributed by atoms with Gasteiger partial charge in [0.15, 0.2) is 5.82 Å². The summed E-state index contributed by atoms with van der Waals surface area (Å²) < 4.78 is 5.35. The number of piperidine rings is 1. The molecular weight excluding hydrogens is 428 g/mol. The third-order valence-corrected chi connectivity index (χ3v) is 6.87. The smallest absolute Gasteiger partial charge is 0.151 e. The van der Waals surface area contributed by atoms with E-state index in [1.54, 1.807) is 6.07 Å². The number of pyridine rings is 1. The number of aryl methyl sites for hydroxylation is 1. The Hall–Kier alpha value is -2.97. The second-order valence-electron chi connectivity index (χ2n) is 11.0. The third-order valence-electron chi connectivity index (χ3n) is 6.87. The van der Waals surface area contributed by atoms with Crippen LogP contribution in [-0.2, 0) is 4.74 Å². The predicted molar refractivity (Wildman–Crippen MR) is 135 cm³/mol. The summed E-state index contributed by atoms with van der Waals surface area (Å²) in [7, 11) is 2.09. The van der Waals surface area contributed by atoms with Gasteiger partial charge in [0, 0.05) is 46.9 Å². The zero-order chi connectivity index (χ0) is 24.3. The Morgan fingerprint density at radius 3 is 2.35 bits per heavy atom. The summed E-state index contributed by atoms with van der Waals surface area (Å²) in [6, 6.07) is 10.0. The minimum atomic E-state index is 0.0521. The molecule has 8 nitrogen and oxygen atoms in total. The molecule has 0 aliphatic carbocycles. The zero-order valence-electron chi connectivity index (χ0n) is 20.9. The number of nitrogens with zero attached hydrogens (tertiary/aromatic N) is 5. The fourth-order valence-electron chi connectivity index (χ4n) is 5.55. The van der Waals surface area contributed by atoms with E-state index in [1.165, 1.54) is 0 Å². The van der Waals surface area contributed by atoms with E-state index < -0.39 is 0 Å². The number of nitrogens with one attached hydrogen (secondary N) is 1. The molecule has 2 N–H and O–H groups in total. The van der Waals surface area contributed by atoms with Crippen molar-refractivity contribution >= 4 is 22.4 Å². The van der Waals surface area contributed by atoms with Crippen molar-refractivity contribution in [2.75, 3.05) is 30.3 Å². The van der Waals surface area contributed by atoms with Crippen molar-refractivity contribution in [1.29, 1.82) is 0 Å². The number of benzene rings is 1. The first-order chi connectivity index (χ1) is 16.0. The average Bonchev–Trinajstić information content (AvgIpc) is 2.69. The summed E-state index contributed by atoms with van der Waals surface area (Å²) in [6.45, 7) is 12.1. The quantitative estimate of drug-likeness (QED) is 0.597. The fourth-order valence-corrected chi connectivity index (χ4v) is 5.55. The molecule has 0 saturated carbocycles. The first-order valence-electron chi connectivity index (χ1n) is 11.8. The molecule has 2 aromatic heterocycles. The van der Waals surface area contributed by atoms with Crippen LogP contribution in [0.25, 0.3) is 22.2 Å². The molecule has 8 heteroatoms. The van der Waals surface area contributed by atoms with E-state index >= 15 is 0 Å². The average molecular weight is 463 g/mol. The van der Waals surface area contributed by atoms with E-state index in [2.05, 4.69) is 71.1 Å². The molecule has 2 aliphatic rings. The molecule has 0 amide bonds. The second kappa shape index (κ2) is 8.06. The lowest BCUT2D eigenvalue weighted by Gasteiger charge is -2.49. The van der Waals surface area contributed by atoms with Gasteiger partial charge in [0.2, 0.25) is 0 Å². The summed E-state index contributed by atoms with van der Waals surface area (Å²) in [6.07, 6.45) is 2.05. The molecule has 0 unspecified atom stereocenters. The number of hydrogen-bond donors (Lipinski definition) is 2. The standard InChI is InChI=1S/C26H34N6O2/c1-16-9-22(32-14-34-15-32)18-10-19(23(33)11-21(18)27-16)20-7-8-24(29-28-20)31(6)17-12-25(2,3)30-26(4,5)13-17/h7-11,17,30,33H,12-15H2,1-6H3. The van der Waals surface area contributed by atoms with Crippen LogP contribution in [0.15, 0.2) is 30.3 Å². The molecule has 1 aromatic carbocycles. The minimum Gasteiger partial charge on any atom is -0.507 e. The van der Waals surface area contributed by atoms with Crippen molar-refractivity contribution in [1.82, 2.24) is 20.5 Å². The molecule has 4 heterocycles. The number of phenols is 1. The van der Waals surface area contributed by atoms with Crippen LogP contribution in [0.3, 0.4) is 0 Å². The normalized spacial score (nSPS) is 19.8.